The van der Waals surface area contributed by atoms with Gasteiger partial charge in [-0.2, -0.15) is 0 Å². The number of halogens is 2. The number of rotatable bonds is 2. The van der Waals surface area contributed by atoms with Gasteiger partial charge in [-0.25, -0.2) is 9.18 Å². The standard InChI is InChI=1S/C9H8ClFO3/c1-4-2-5(11)3-6(10)7(4)8(12)9(13)14/h2-3,8,12H,1H3,(H,13,14). The maximum Gasteiger partial charge on any atom is 0.337 e. The molecule has 14 heavy (non-hydrogen) atoms. The summed E-state index contributed by atoms with van der Waals surface area (Å²) in [6.07, 6.45) is -1.72. The van der Waals surface area contributed by atoms with E-state index in [2.05, 4.69) is 0 Å². The van der Waals surface area contributed by atoms with Gasteiger partial charge in [0.05, 0.1) is 5.02 Å². The lowest BCUT2D eigenvalue weighted by Gasteiger charge is -2.11. The van der Waals surface area contributed by atoms with Crippen LogP contribution in [0, 0.1) is 12.7 Å². The zero-order valence-corrected chi connectivity index (χ0v) is 8.05. The van der Waals surface area contributed by atoms with E-state index < -0.39 is 17.9 Å². The minimum Gasteiger partial charge on any atom is -0.479 e. The number of hydrogen-bond donors (Lipinski definition) is 2. The Balaban J connectivity index is 3.27. The Morgan fingerprint density at radius 2 is 2.14 bits per heavy atom. The van der Waals surface area contributed by atoms with Gasteiger partial charge in [-0.15, -0.1) is 0 Å². The van der Waals surface area contributed by atoms with Crippen LogP contribution in [0.5, 0.6) is 0 Å². The lowest BCUT2D eigenvalue weighted by atomic mass is 10.0. The van der Waals surface area contributed by atoms with Gasteiger partial charge in [0.1, 0.15) is 5.82 Å². The number of carboxylic acid groups (broad SMARTS) is 1. The average molecular weight is 219 g/mol. The van der Waals surface area contributed by atoms with E-state index in [0.29, 0.717) is 5.56 Å². The zero-order chi connectivity index (χ0) is 10.9. The molecular weight excluding hydrogens is 211 g/mol. The van der Waals surface area contributed by atoms with Crippen molar-refractivity contribution >= 4 is 17.6 Å². The third-order valence-electron chi connectivity index (χ3n) is 1.81. The zero-order valence-electron chi connectivity index (χ0n) is 7.29. The lowest BCUT2D eigenvalue weighted by molar-refractivity contribution is -0.147. The van der Waals surface area contributed by atoms with Gasteiger partial charge in [-0.1, -0.05) is 11.6 Å². The van der Waals surface area contributed by atoms with Gasteiger partial charge in [0.25, 0.3) is 0 Å². The highest BCUT2D eigenvalue weighted by Crippen LogP contribution is 2.27. The Labute approximate surface area is 84.7 Å². The summed E-state index contributed by atoms with van der Waals surface area (Å²) in [6, 6.07) is 2.09. The summed E-state index contributed by atoms with van der Waals surface area (Å²) >= 11 is 5.61. The molecule has 3 nitrogen and oxygen atoms in total. The number of benzene rings is 1. The van der Waals surface area contributed by atoms with Crippen LogP contribution >= 0.6 is 11.6 Å². The minimum absolute atomic E-state index is 0.0283. The van der Waals surface area contributed by atoms with Crippen LogP contribution in [0.15, 0.2) is 12.1 Å². The van der Waals surface area contributed by atoms with Crippen molar-refractivity contribution in [1.29, 1.82) is 0 Å². The van der Waals surface area contributed by atoms with E-state index in [4.69, 9.17) is 16.7 Å². The number of carbonyl (C=O) groups is 1. The molecule has 0 aliphatic rings. The molecular formula is C9H8ClFO3. The van der Waals surface area contributed by atoms with E-state index in [1.807, 2.05) is 0 Å². The van der Waals surface area contributed by atoms with Crippen molar-refractivity contribution < 1.29 is 19.4 Å². The Morgan fingerprint density at radius 1 is 1.57 bits per heavy atom. The van der Waals surface area contributed by atoms with Crippen molar-refractivity contribution in [1.82, 2.24) is 0 Å². The normalized spacial score (nSPS) is 12.6. The molecule has 0 radical (unpaired) electrons. The Hall–Kier alpha value is -1.13. The van der Waals surface area contributed by atoms with Crippen molar-refractivity contribution in [3.63, 3.8) is 0 Å². The molecule has 5 heteroatoms. The number of aryl methyl sites for hydroxylation is 1. The van der Waals surface area contributed by atoms with Crippen LogP contribution in [0.3, 0.4) is 0 Å². The molecule has 0 aliphatic carbocycles. The number of aliphatic hydroxyl groups excluding tert-OH is 1. The van der Waals surface area contributed by atoms with Crippen molar-refractivity contribution in [2.45, 2.75) is 13.0 Å². The molecule has 1 aromatic carbocycles. The van der Waals surface area contributed by atoms with Crippen molar-refractivity contribution in [2.75, 3.05) is 0 Å². The largest absolute Gasteiger partial charge is 0.479 e. The van der Waals surface area contributed by atoms with Crippen LogP contribution in [0.4, 0.5) is 4.39 Å². The summed E-state index contributed by atoms with van der Waals surface area (Å²) in [5.74, 6) is -1.98. The fraction of sp³-hybridized carbons (Fsp3) is 0.222. The first-order chi connectivity index (χ1) is 6.43. The van der Waals surface area contributed by atoms with E-state index in [1.165, 1.54) is 6.92 Å². The highest BCUT2D eigenvalue weighted by atomic mass is 35.5. The third kappa shape index (κ3) is 2.02. The van der Waals surface area contributed by atoms with Crippen molar-refractivity contribution in [2.24, 2.45) is 0 Å². The first-order valence-corrected chi connectivity index (χ1v) is 4.17. The summed E-state index contributed by atoms with van der Waals surface area (Å²) in [5.41, 5.74) is 0.338. The van der Waals surface area contributed by atoms with E-state index >= 15 is 0 Å². The molecule has 0 saturated carbocycles. The molecule has 1 aromatic rings. The van der Waals surface area contributed by atoms with Crippen LogP contribution in [0.2, 0.25) is 5.02 Å². The second-order valence-corrected chi connectivity index (χ2v) is 3.27. The van der Waals surface area contributed by atoms with Crippen molar-refractivity contribution in [3.8, 4) is 0 Å². The van der Waals surface area contributed by atoms with E-state index in [0.717, 1.165) is 12.1 Å². The predicted octanol–water partition coefficient (Wildman–Crippen LogP) is 1.91. The van der Waals surface area contributed by atoms with Crippen LogP contribution in [0.1, 0.15) is 17.2 Å². The molecule has 76 valence electrons. The average Bonchev–Trinajstić information content (AvgIpc) is 2.01. The Bertz CT molecular complexity index is 355. The molecule has 1 unspecified atom stereocenters. The number of hydrogen-bond acceptors (Lipinski definition) is 2. The van der Waals surface area contributed by atoms with E-state index in [9.17, 15) is 14.3 Å². The summed E-state index contributed by atoms with van der Waals surface area (Å²) in [5, 5.41) is 17.7. The maximum atomic E-state index is 12.8. The molecule has 1 rings (SSSR count). The van der Waals surface area contributed by atoms with Gasteiger partial charge >= 0.3 is 5.97 Å². The minimum atomic E-state index is -1.72. The molecule has 0 saturated heterocycles. The van der Waals surface area contributed by atoms with Gasteiger partial charge in [-0.3, -0.25) is 0 Å². The summed E-state index contributed by atoms with van der Waals surface area (Å²) in [4.78, 5) is 10.5. The first-order valence-electron chi connectivity index (χ1n) is 3.80. The first kappa shape index (κ1) is 10.9. The fourth-order valence-electron chi connectivity index (χ4n) is 1.18. The third-order valence-corrected chi connectivity index (χ3v) is 2.12. The Morgan fingerprint density at radius 3 is 2.57 bits per heavy atom. The summed E-state index contributed by atoms with van der Waals surface area (Å²) in [7, 11) is 0. The highest BCUT2D eigenvalue weighted by Gasteiger charge is 2.21. The van der Waals surface area contributed by atoms with E-state index in [1.54, 1.807) is 0 Å². The number of aliphatic carboxylic acids is 1. The van der Waals surface area contributed by atoms with Crippen molar-refractivity contribution in [3.05, 3.63) is 34.1 Å². The SMILES string of the molecule is Cc1cc(F)cc(Cl)c1C(O)C(=O)O. The van der Waals surface area contributed by atoms with E-state index in [-0.39, 0.29) is 10.6 Å². The maximum absolute atomic E-state index is 12.8. The molecule has 0 amide bonds. The summed E-state index contributed by atoms with van der Waals surface area (Å²) < 4.78 is 12.8. The highest BCUT2D eigenvalue weighted by molar-refractivity contribution is 6.31. The molecule has 2 N–H and O–H groups in total. The van der Waals surface area contributed by atoms with Gasteiger partial charge in [0.2, 0.25) is 0 Å². The molecule has 0 fully saturated rings. The van der Waals surface area contributed by atoms with Crippen LogP contribution in [-0.4, -0.2) is 16.2 Å². The monoisotopic (exact) mass is 218 g/mol. The number of carboxylic acids is 1. The van der Waals surface area contributed by atoms with Crippen LogP contribution in [0.25, 0.3) is 0 Å². The lowest BCUT2D eigenvalue weighted by Crippen LogP contribution is -2.12. The van der Waals surface area contributed by atoms with Gasteiger partial charge < -0.3 is 10.2 Å². The predicted molar refractivity (Wildman–Crippen MR) is 48.7 cm³/mol. The molecule has 0 aromatic heterocycles. The molecule has 0 heterocycles. The molecule has 0 aliphatic heterocycles. The van der Waals surface area contributed by atoms with Gasteiger partial charge in [-0.05, 0) is 24.6 Å². The quantitative estimate of drug-likeness (QED) is 0.797. The fourth-order valence-corrected chi connectivity index (χ4v) is 1.54. The topological polar surface area (TPSA) is 57.5 Å². The smallest absolute Gasteiger partial charge is 0.337 e. The molecule has 0 bridgehead atoms. The number of aliphatic hydroxyl groups is 1. The second kappa shape index (κ2) is 3.94. The van der Waals surface area contributed by atoms with Gasteiger partial charge in [0.15, 0.2) is 6.10 Å². The molecule has 1 atom stereocenters. The summed E-state index contributed by atoms with van der Waals surface area (Å²) in [6.45, 7) is 1.48. The van der Waals surface area contributed by atoms with Crippen LogP contribution in [-0.2, 0) is 4.79 Å². The van der Waals surface area contributed by atoms with Crippen LogP contribution < -0.4 is 0 Å². The Kier molecular flexibility index (Phi) is 3.08. The second-order valence-electron chi connectivity index (χ2n) is 2.86. The molecule has 0 spiro atoms. The van der Waals surface area contributed by atoms with Gasteiger partial charge in [0, 0.05) is 5.56 Å².